The highest BCUT2D eigenvalue weighted by molar-refractivity contribution is 6.33. The summed E-state index contributed by atoms with van der Waals surface area (Å²) in [5.74, 6) is -0.574. The van der Waals surface area contributed by atoms with Gasteiger partial charge in [0.15, 0.2) is 0 Å². The first-order valence-electron chi connectivity index (χ1n) is 8.26. The summed E-state index contributed by atoms with van der Waals surface area (Å²) < 4.78 is 0. The van der Waals surface area contributed by atoms with E-state index in [1.807, 2.05) is 35.2 Å². The second-order valence-electron chi connectivity index (χ2n) is 6.08. The fraction of sp³-hybridized carbons (Fsp3) is 0.263. The maximum atomic E-state index is 13.0. The first-order valence-corrected chi connectivity index (χ1v) is 8.63. The smallest absolute Gasteiger partial charge is 0.250 e. The molecule has 0 unspecified atom stereocenters. The van der Waals surface area contributed by atoms with E-state index in [1.54, 1.807) is 18.2 Å². The minimum atomic E-state index is -0.601. The van der Waals surface area contributed by atoms with E-state index in [1.165, 1.54) is 0 Å². The van der Waals surface area contributed by atoms with Crippen LogP contribution in [0.4, 0.5) is 5.69 Å². The molecule has 3 N–H and O–H groups in total. The van der Waals surface area contributed by atoms with Crippen LogP contribution in [0.1, 0.15) is 34.8 Å². The molecule has 2 aromatic carbocycles. The van der Waals surface area contributed by atoms with E-state index in [9.17, 15) is 9.59 Å². The van der Waals surface area contributed by atoms with E-state index in [4.69, 9.17) is 17.3 Å². The number of nitrogens with zero attached hydrogens (tertiary/aromatic N) is 1. The Balaban J connectivity index is 1.91. The van der Waals surface area contributed by atoms with Crippen LogP contribution < -0.4 is 11.1 Å². The second-order valence-corrected chi connectivity index (χ2v) is 6.49. The van der Waals surface area contributed by atoms with Gasteiger partial charge in [-0.1, -0.05) is 41.9 Å². The molecular formula is C19H20ClN3O2. The zero-order valence-corrected chi connectivity index (χ0v) is 14.5. The second kappa shape index (κ2) is 7.57. The molecule has 0 bridgehead atoms. The van der Waals surface area contributed by atoms with Crippen molar-refractivity contribution >= 4 is 29.1 Å². The van der Waals surface area contributed by atoms with E-state index in [-0.39, 0.29) is 11.5 Å². The molecule has 3 rings (SSSR count). The van der Waals surface area contributed by atoms with Crippen LogP contribution in [0.2, 0.25) is 5.02 Å². The lowest BCUT2D eigenvalue weighted by Gasteiger charge is -2.25. The number of carbonyl (C=O) groups excluding carboxylic acids is 2. The van der Waals surface area contributed by atoms with Crippen LogP contribution >= 0.6 is 11.6 Å². The van der Waals surface area contributed by atoms with E-state index in [2.05, 4.69) is 5.32 Å². The fourth-order valence-electron chi connectivity index (χ4n) is 3.02. The summed E-state index contributed by atoms with van der Waals surface area (Å²) in [5.41, 5.74) is 7.08. The molecule has 25 heavy (non-hydrogen) atoms. The van der Waals surface area contributed by atoms with Crippen molar-refractivity contribution < 1.29 is 9.59 Å². The third-order valence-corrected chi connectivity index (χ3v) is 4.67. The van der Waals surface area contributed by atoms with Crippen molar-refractivity contribution in [1.29, 1.82) is 0 Å². The number of rotatable bonds is 5. The van der Waals surface area contributed by atoms with Crippen molar-refractivity contribution in [2.24, 2.45) is 5.73 Å². The quantitative estimate of drug-likeness (QED) is 0.862. The molecule has 0 saturated carbocycles. The monoisotopic (exact) mass is 357 g/mol. The topological polar surface area (TPSA) is 75.4 Å². The van der Waals surface area contributed by atoms with Crippen LogP contribution in [0, 0.1) is 0 Å². The van der Waals surface area contributed by atoms with E-state index < -0.39 is 11.9 Å². The van der Waals surface area contributed by atoms with Crippen LogP contribution in [0.5, 0.6) is 0 Å². The van der Waals surface area contributed by atoms with E-state index >= 15 is 0 Å². The summed E-state index contributed by atoms with van der Waals surface area (Å²) >= 11 is 6.01. The Kier molecular flexibility index (Phi) is 5.24. The number of hydrogen-bond acceptors (Lipinski definition) is 3. The Bertz CT molecular complexity index is 773. The molecule has 1 heterocycles. The molecule has 1 fully saturated rings. The van der Waals surface area contributed by atoms with Gasteiger partial charge in [-0.15, -0.1) is 0 Å². The van der Waals surface area contributed by atoms with Gasteiger partial charge in [-0.3, -0.25) is 9.59 Å². The predicted octanol–water partition coefficient (Wildman–Crippen LogP) is 3.21. The molecule has 6 heteroatoms. The Morgan fingerprint density at radius 2 is 1.76 bits per heavy atom. The number of primary amides is 1. The van der Waals surface area contributed by atoms with Gasteiger partial charge < -0.3 is 16.0 Å². The van der Waals surface area contributed by atoms with Crippen molar-refractivity contribution in [1.82, 2.24) is 4.90 Å². The molecule has 130 valence electrons. The van der Waals surface area contributed by atoms with Crippen LogP contribution in [0.3, 0.4) is 0 Å². The zero-order chi connectivity index (χ0) is 17.8. The maximum Gasteiger partial charge on any atom is 0.250 e. The molecule has 5 nitrogen and oxygen atoms in total. The highest BCUT2D eigenvalue weighted by Crippen LogP contribution is 2.26. The summed E-state index contributed by atoms with van der Waals surface area (Å²) in [5, 5.41) is 3.53. The maximum absolute atomic E-state index is 13.0. The van der Waals surface area contributed by atoms with Crippen molar-refractivity contribution in [2.75, 3.05) is 18.4 Å². The van der Waals surface area contributed by atoms with Crippen LogP contribution in [-0.4, -0.2) is 29.8 Å². The summed E-state index contributed by atoms with van der Waals surface area (Å²) in [4.78, 5) is 26.4. The number of anilines is 1. The van der Waals surface area contributed by atoms with Crippen LogP contribution in [0.25, 0.3) is 0 Å². The van der Waals surface area contributed by atoms with Crippen molar-refractivity contribution in [3.8, 4) is 0 Å². The molecule has 2 aromatic rings. The van der Waals surface area contributed by atoms with Gasteiger partial charge in [0.1, 0.15) is 6.04 Å². The third kappa shape index (κ3) is 3.94. The molecule has 0 spiro atoms. The Morgan fingerprint density at radius 1 is 1.08 bits per heavy atom. The van der Waals surface area contributed by atoms with Gasteiger partial charge in [0.25, 0.3) is 0 Å². The Morgan fingerprint density at radius 3 is 2.40 bits per heavy atom. The SMILES string of the molecule is NC(=O)c1cc(N[C@@H](C(=O)N2CCCC2)c2ccccc2)ccc1Cl. The summed E-state index contributed by atoms with van der Waals surface area (Å²) in [6, 6.07) is 13.9. The molecule has 0 aromatic heterocycles. The number of amides is 2. The van der Waals surface area contributed by atoms with Gasteiger partial charge in [0.05, 0.1) is 10.6 Å². The minimum Gasteiger partial charge on any atom is -0.370 e. The number of benzene rings is 2. The minimum absolute atomic E-state index is 0.0271. The largest absolute Gasteiger partial charge is 0.370 e. The number of likely N-dealkylation sites (tertiary alicyclic amines) is 1. The lowest BCUT2D eigenvalue weighted by Crippen LogP contribution is -2.36. The molecule has 1 atom stereocenters. The lowest BCUT2D eigenvalue weighted by atomic mass is 10.0. The Hall–Kier alpha value is -2.53. The number of nitrogens with one attached hydrogen (secondary N) is 1. The normalized spacial score (nSPS) is 15.0. The lowest BCUT2D eigenvalue weighted by molar-refractivity contribution is -0.131. The van der Waals surface area contributed by atoms with Crippen LogP contribution in [-0.2, 0) is 4.79 Å². The predicted molar refractivity (Wildman–Crippen MR) is 98.6 cm³/mol. The number of nitrogens with two attached hydrogens (primary N) is 1. The molecule has 1 aliphatic heterocycles. The first-order chi connectivity index (χ1) is 12.1. The number of halogens is 1. The third-order valence-electron chi connectivity index (χ3n) is 4.34. The first kappa shape index (κ1) is 17.3. The molecule has 0 radical (unpaired) electrons. The van der Waals surface area contributed by atoms with Gasteiger partial charge in [-0.05, 0) is 36.6 Å². The molecule has 1 saturated heterocycles. The Labute approximate surface area is 151 Å². The zero-order valence-electron chi connectivity index (χ0n) is 13.7. The number of hydrogen-bond donors (Lipinski definition) is 2. The number of carbonyl (C=O) groups is 2. The molecule has 2 amide bonds. The van der Waals surface area contributed by atoms with E-state index in [0.717, 1.165) is 31.5 Å². The summed E-state index contributed by atoms with van der Waals surface area (Å²) in [6.07, 6.45) is 2.06. The average molecular weight is 358 g/mol. The van der Waals surface area contributed by atoms with Crippen molar-refractivity contribution in [3.05, 3.63) is 64.7 Å². The van der Waals surface area contributed by atoms with Crippen LogP contribution in [0.15, 0.2) is 48.5 Å². The van der Waals surface area contributed by atoms with Crippen molar-refractivity contribution in [2.45, 2.75) is 18.9 Å². The van der Waals surface area contributed by atoms with Gasteiger partial charge in [-0.25, -0.2) is 0 Å². The fourth-order valence-corrected chi connectivity index (χ4v) is 3.23. The highest BCUT2D eigenvalue weighted by Gasteiger charge is 2.28. The van der Waals surface area contributed by atoms with Crippen molar-refractivity contribution in [3.63, 3.8) is 0 Å². The van der Waals surface area contributed by atoms with E-state index in [0.29, 0.717) is 10.7 Å². The molecule has 0 aliphatic carbocycles. The van der Waals surface area contributed by atoms with Gasteiger partial charge in [0.2, 0.25) is 11.8 Å². The molecule has 1 aliphatic rings. The summed E-state index contributed by atoms with van der Waals surface area (Å²) in [6.45, 7) is 1.55. The van der Waals surface area contributed by atoms with Gasteiger partial charge in [-0.2, -0.15) is 0 Å². The molecular weight excluding hydrogens is 338 g/mol. The summed E-state index contributed by atoms with van der Waals surface area (Å²) in [7, 11) is 0. The average Bonchev–Trinajstić information content (AvgIpc) is 3.15. The highest BCUT2D eigenvalue weighted by atomic mass is 35.5. The van der Waals surface area contributed by atoms with Gasteiger partial charge in [0, 0.05) is 18.8 Å². The standard InChI is InChI=1S/C19H20ClN3O2/c20-16-9-8-14(12-15(16)18(21)24)22-17(13-6-2-1-3-7-13)19(25)23-10-4-5-11-23/h1-3,6-9,12,17,22H,4-5,10-11H2,(H2,21,24)/t17-/m1/s1. The van der Waals surface area contributed by atoms with Gasteiger partial charge >= 0.3 is 0 Å².